The maximum Gasteiger partial charge on any atom is 0.256 e. The third-order valence-corrected chi connectivity index (χ3v) is 4.19. The Balaban J connectivity index is 1.71. The summed E-state index contributed by atoms with van der Waals surface area (Å²) >= 11 is 0. The van der Waals surface area contributed by atoms with E-state index in [4.69, 9.17) is 4.74 Å². The fraction of sp³-hybridized carbons (Fsp3) is 0.316. The minimum atomic E-state index is -0.577. The van der Waals surface area contributed by atoms with E-state index in [2.05, 4.69) is 0 Å². The molecule has 3 nitrogen and oxygen atoms in total. The maximum atomic E-state index is 13.5. The van der Waals surface area contributed by atoms with Crippen LogP contribution in [0.15, 0.2) is 48.5 Å². The van der Waals surface area contributed by atoms with E-state index in [0.29, 0.717) is 12.3 Å². The predicted molar refractivity (Wildman–Crippen MR) is 87.7 cm³/mol. The summed E-state index contributed by atoms with van der Waals surface area (Å²) in [5.74, 6) is -0.453. The number of rotatable bonds is 4. The summed E-state index contributed by atoms with van der Waals surface area (Å²) in [4.78, 5) is 14.4. The molecule has 2 aromatic carbocycles. The highest BCUT2D eigenvalue weighted by molar-refractivity contribution is 5.98. The molecule has 23 heavy (non-hydrogen) atoms. The van der Waals surface area contributed by atoms with Gasteiger partial charge in [0, 0.05) is 6.04 Å². The van der Waals surface area contributed by atoms with E-state index in [1.54, 1.807) is 17.9 Å². The second-order valence-electron chi connectivity index (χ2n) is 5.97. The molecule has 0 saturated heterocycles. The van der Waals surface area contributed by atoms with E-state index in [1.165, 1.54) is 12.1 Å². The first-order chi connectivity index (χ1) is 11.1. The average molecular weight is 313 g/mol. The van der Waals surface area contributed by atoms with Gasteiger partial charge in [0.05, 0.1) is 12.3 Å². The molecule has 0 radical (unpaired) electrons. The molecule has 120 valence electrons. The van der Waals surface area contributed by atoms with Gasteiger partial charge in [-0.2, -0.15) is 0 Å². The van der Waals surface area contributed by atoms with Crippen LogP contribution in [0.3, 0.4) is 0 Å². The third kappa shape index (κ3) is 3.27. The van der Waals surface area contributed by atoms with Crippen molar-refractivity contribution < 1.29 is 13.9 Å². The summed E-state index contributed by atoms with van der Waals surface area (Å²) in [6.45, 7) is 4.10. The van der Waals surface area contributed by atoms with Crippen LogP contribution in [-0.2, 0) is 22.6 Å². The van der Waals surface area contributed by atoms with Gasteiger partial charge < -0.3 is 9.64 Å². The number of amides is 1. The highest BCUT2D eigenvalue weighted by atomic mass is 19.1. The Morgan fingerprint density at radius 3 is 2.78 bits per heavy atom. The number of carbonyl (C=O) groups excluding carboxylic acids is 1. The SMILES string of the molecule is CC1Cc2ccc(F)cc2N1C(=O)[C@@H](C)OCc1ccccc1. The van der Waals surface area contributed by atoms with Gasteiger partial charge in [0.15, 0.2) is 0 Å². The first-order valence-corrected chi connectivity index (χ1v) is 7.83. The Kier molecular flexibility index (Phi) is 4.44. The minimum absolute atomic E-state index is 0.0158. The number of fused-ring (bicyclic) bond motifs is 1. The van der Waals surface area contributed by atoms with Gasteiger partial charge in [-0.05, 0) is 43.5 Å². The molecular formula is C19H20FNO2. The zero-order chi connectivity index (χ0) is 16.4. The Hall–Kier alpha value is -2.20. The molecule has 4 heteroatoms. The molecule has 1 amide bonds. The van der Waals surface area contributed by atoms with Crippen LogP contribution >= 0.6 is 0 Å². The van der Waals surface area contributed by atoms with Crippen LogP contribution in [-0.4, -0.2) is 18.1 Å². The number of anilines is 1. The lowest BCUT2D eigenvalue weighted by molar-refractivity contribution is -0.130. The first-order valence-electron chi connectivity index (χ1n) is 7.83. The average Bonchev–Trinajstić information content (AvgIpc) is 2.88. The molecule has 2 aromatic rings. The topological polar surface area (TPSA) is 29.5 Å². The second kappa shape index (κ2) is 6.50. The minimum Gasteiger partial charge on any atom is -0.364 e. The van der Waals surface area contributed by atoms with Crippen LogP contribution in [0.5, 0.6) is 0 Å². The lowest BCUT2D eigenvalue weighted by atomic mass is 10.1. The van der Waals surface area contributed by atoms with Crippen molar-refractivity contribution in [2.75, 3.05) is 4.90 Å². The zero-order valence-electron chi connectivity index (χ0n) is 13.3. The summed E-state index contributed by atoms with van der Waals surface area (Å²) in [7, 11) is 0. The molecule has 3 rings (SSSR count). The standard InChI is InChI=1S/C19H20FNO2/c1-13-10-16-8-9-17(20)11-18(16)21(13)19(22)14(2)23-12-15-6-4-3-5-7-15/h3-9,11,13-14H,10,12H2,1-2H3/t13?,14-/m1/s1. The number of ether oxygens (including phenoxy) is 1. The quantitative estimate of drug-likeness (QED) is 0.861. The first kappa shape index (κ1) is 15.7. The largest absolute Gasteiger partial charge is 0.364 e. The summed E-state index contributed by atoms with van der Waals surface area (Å²) in [5.41, 5.74) is 2.69. The fourth-order valence-electron chi connectivity index (χ4n) is 2.98. The number of nitrogens with zero attached hydrogens (tertiary/aromatic N) is 1. The Morgan fingerprint density at radius 1 is 1.30 bits per heavy atom. The fourth-order valence-corrected chi connectivity index (χ4v) is 2.98. The highest BCUT2D eigenvalue weighted by Gasteiger charge is 2.33. The molecule has 1 aliphatic rings. The van der Waals surface area contributed by atoms with Crippen molar-refractivity contribution in [1.82, 2.24) is 0 Å². The normalized spacial score (nSPS) is 17.9. The summed E-state index contributed by atoms with van der Waals surface area (Å²) in [6, 6.07) is 14.4. The second-order valence-corrected chi connectivity index (χ2v) is 5.97. The van der Waals surface area contributed by atoms with Crippen LogP contribution in [0, 0.1) is 5.82 Å². The van der Waals surface area contributed by atoms with E-state index in [-0.39, 0.29) is 17.8 Å². The van der Waals surface area contributed by atoms with Gasteiger partial charge in [0.25, 0.3) is 5.91 Å². The molecule has 2 atom stereocenters. The van der Waals surface area contributed by atoms with Crippen molar-refractivity contribution in [2.45, 2.75) is 39.0 Å². The van der Waals surface area contributed by atoms with E-state index < -0.39 is 6.10 Å². The molecule has 1 heterocycles. The lowest BCUT2D eigenvalue weighted by Crippen LogP contribution is -2.42. The Labute approximate surface area is 135 Å². The van der Waals surface area contributed by atoms with Crippen molar-refractivity contribution in [2.24, 2.45) is 0 Å². The van der Waals surface area contributed by atoms with Crippen LogP contribution in [0.2, 0.25) is 0 Å². The van der Waals surface area contributed by atoms with Crippen LogP contribution in [0.25, 0.3) is 0 Å². The lowest BCUT2D eigenvalue weighted by Gasteiger charge is -2.26. The van der Waals surface area contributed by atoms with Gasteiger partial charge in [0.1, 0.15) is 11.9 Å². The molecular weight excluding hydrogens is 293 g/mol. The van der Waals surface area contributed by atoms with E-state index in [1.807, 2.05) is 37.3 Å². The maximum absolute atomic E-state index is 13.5. The van der Waals surface area contributed by atoms with Gasteiger partial charge in [0.2, 0.25) is 0 Å². The zero-order valence-corrected chi connectivity index (χ0v) is 13.3. The van der Waals surface area contributed by atoms with Gasteiger partial charge in [-0.3, -0.25) is 4.79 Å². The van der Waals surface area contributed by atoms with Crippen molar-refractivity contribution >= 4 is 11.6 Å². The monoisotopic (exact) mass is 313 g/mol. The highest BCUT2D eigenvalue weighted by Crippen LogP contribution is 2.33. The molecule has 1 unspecified atom stereocenters. The molecule has 0 fully saturated rings. The Bertz CT molecular complexity index is 702. The summed E-state index contributed by atoms with van der Waals surface area (Å²) in [5, 5.41) is 0. The molecule has 0 saturated carbocycles. The molecule has 1 aliphatic heterocycles. The number of halogens is 1. The number of hydrogen-bond acceptors (Lipinski definition) is 2. The number of carbonyl (C=O) groups is 1. The van der Waals surface area contributed by atoms with Gasteiger partial charge in [-0.25, -0.2) is 4.39 Å². The van der Waals surface area contributed by atoms with Crippen molar-refractivity contribution in [1.29, 1.82) is 0 Å². The summed E-state index contributed by atoms with van der Waals surface area (Å²) in [6.07, 6.45) is 0.166. The molecule has 0 bridgehead atoms. The number of hydrogen-bond donors (Lipinski definition) is 0. The van der Waals surface area contributed by atoms with Crippen molar-refractivity contribution in [3.8, 4) is 0 Å². The van der Waals surface area contributed by atoms with E-state index in [0.717, 1.165) is 17.5 Å². The van der Waals surface area contributed by atoms with Crippen LogP contribution in [0.4, 0.5) is 10.1 Å². The van der Waals surface area contributed by atoms with Crippen LogP contribution in [0.1, 0.15) is 25.0 Å². The van der Waals surface area contributed by atoms with E-state index in [9.17, 15) is 9.18 Å². The molecule has 0 aliphatic carbocycles. The van der Waals surface area contributed by atoms with Crippen molar-refractivity contribution in [3.63, 3.8) is 0 Å². The van der Waals surface area contributed by atoms with E-state index >= 15 is 0 Å². The van der Waals surface area contributed by atoms with Crippen LogP contribution < -0.4 is 4.90 Å². The van der Waals surface area contributed by atoms with Gasteiger partial charge >= 0.3 is 0 Å². The molecule has 0 N–H and O–H groups in total. The van der Waals surface area contributed by atoms with Crippen molar-refractivity contribution in [3.05, 3.63) is 65.5 Å². The van der Waals surface area contributed by atoms with Gasteiger partial charge in [-0.1, -0.05) is 36.4 Å². The summed E-state index contributed by atoms with van der Waals surface area (Å²) < 4.78 is 19.2. The third-order valence-electron chi connectivity index (χ3n) is 4.19. The number of benzene rings is 2. The molecule has 0 spiro atoms. The van der Waals surface area contributed by atoms with Gasteiger partial charge in [-0.15, -0.1) is 0 Å². The smallest absolute Gasteiger partial charge is 0.256 e. The molecule has 0 aromatic heterocycles. The predicted octanol–water partition coefficient (Wildman–Crippen LogP) is 3.71. The Morgan fingerprint density at radius 2 is 2.04 bits per heavy atom.